The Labute approximate surface area is 120 Å². The first-order valence-corrected chi connectivity index (χ1v) is 7.50. The van der Waals surface area contributed by atoms with Gasteiger partial charge in [0.15, 0.2) is 0 Å². The van der Waals surface area contributed by atoms with Crippen LogP contribution in [0.3, 0.4) is 0 Å². The Morgan fingerprint density at radius 1 is 1.50 bits per heavy atom. The molecule has 1 N–H and O–H groups in total. The van der Waals surface area contributed by atoms with Crippen LogP contribution in [-0.2, 0) is 16.0 Å². The summed E-state index contributed by atoms with van der Waals surface area (Å²) < 4.78 is 7.26. The molecule has 5 heteroatoms. The van der Waals surface area contributed by atoms with Gasteiger partial charge in [-0.15, -0.1) is 0 Å². The van der Waals surface area contributed by atoms with Gasteiger partial charge in [0.25, 0.3) is 0 Å². The number of rotatable bonds is 7. The Balaban J connectivity index is 1.85. The molecule has 0 radical (unpaired) electrons. The third-order valence-corrected chi connectivity index (χ3v) is 3.95. The van der Waals surface area contributed by atoms with E-state index in [1.807, 2.05) is 6.20 Å². The number of aryl methyl sites for hydroxylation is 1. The van der Waals surface area contributed by atoms with Gasteiger partial charge in [0.05, 0.1) is 6.61 Å². The van der Waals surface area contributed by atoms with Crippen LogP contribution in [0, 0.1) is 6.92 Å². The molecule has 0 aliphatic heterocycles. The van der Waals surface area contributed by atoms with E-state index in [0.29, 0.717) is 25.6 Å². The van der Waals surface area contributed by atoms with Crippen molar-refractivity contribution >= 4 is 5.91 Å². The Hall–Kier alpha value is -1.36. The number of aromatic nitrogens is 2. The van der Waals surface area contributed by atoms with Crippen LogP contribution in [-0.4, -0.2) is 35.7 Å². The number of ether oxygens (including phenoxy) is 1. The molecule has 0 aromatic carbocycles. The minimum Gasteiger partial charge on any atom is -0.384 e. The molecule has 0 bridgehead atoms. The van der Waals surface area contributed by atoms with Gasteiger partial charge in [-0.1, -0.05) is 12.8 Å². The van der Waals surface area contributed by atoms with E-state index in [4.69, 9.17) is 4.74 Å². The molecule has 112 valence electrons. The maximum Gasteiger partial charge on any atom is 0.222 e. The van der Waals surface area contributed by atoms with Crippen LogP contribution in [0.2, 0.25) is 0 Å². The summed E-state index contributed by atoms with van der Waals surface area (Å²) in [6.07, 6.45) is 8.30. The summed E-state index contributed by atoms with van der Waals surface area (Å²) in [5.41, 5.74) is 1.23. The monoisotopic (exact) mass is 279 g/mol. The molecule has 2 rings (SSSR count). The summed E-state index contributed by atoms with van der Waals surface area (Å²) in [6.45, 7) is 3.24. The summed E-state index contributed by atoms with van der Waals surface area (Å²) in [5, 5.41) is 2.92. The fourth-order valence-electron chi connectivity index (χ4n) is 2.94. The quantitative estimate of drug-likeness (QED) is 0.830. The van der Waals surface area contributed by atoms with Crippen LogP contribution in [0.1, 0.15) is 49.7 Å². The van der Waals surface area contributed by atoms with E-state index in [1.54, 1.807) is 7.11 Å². The van der Waals surface area contributed by atoms with E-state index in [0.717, 1.165) is 12.2 Å². The minimum atomic E-state index is 0.0440. The first kappa shape index (κ1) is 15.0. The number of carbonyl (C=O) groups is 1. The molecule has 1 saturated carbocycles. The van der Waals surface area contributed by atoms with Crippen LogP contribution in [0.25, 0.3) is 0 Å². The van der Waals surface area contributed by atoms with Crippen molar-refractivity contribution in [1.82, 2.24) is 14.9 Å². The molecule has 5 nitrogen and oxygen atoms in total. The number of hydrogen-bond donors (Lipinski definition) is 1. The van der Waals surface area contributed by atoms with Gasteiger partial charge in [0.2, 0.25) is 5.91 Å². The lowest BCUT2D eigenvalue weighted by Crippen LogP contribution is -2.27. The van der Waals surface area contributed by atoms with Crippen molar-refractivity contribution in [2.24, 2.45) is 0 Å². The number of nitrogens with one attached hydrogen (secondary N) is 1. The number of carbonyl (C=O) groups excluding carboxylic acids is 1. The third kappa shape index (κ3) is 3.82. The number of hydrogen-bond acceptors (Lipinski definition) is 3. The highest BCUT2D eigenvalue weighted by atomic mass is 16.5. The predicted molar refractivity (Wildman–Crippen MR) is 77.7 cm³/mol. The summed E-state index contributed by atoms with van der Waals surface area (Å²) >= 11 is 0. The van der Waals surface area contributed by atoms with E-state index in [9.17, 15) is 4.79 Å². The van der Waals surface area contributed by atoms with Crippen molar-refractivity contribution in [3.63, 3.8) is 0 Å². The fourth-order valence-corrected chi connectivity index (χ4v) is 2.94. The molecule has 1 aliphatic rings. The predicted octanol–water partition coefficient (Wildman–Crippen LogP) is 2.00. The number of methoxy groups -OCH3 is 1. The zero-order valence-electron chi connectivity index (χ0n) is 12.5. The van der Waals surface area contributed by atoms with Gasteiger partial charge in [-0.05, 0) is 19.8 Å². The van der Waals surface area contributed by atoms with Gasteiger partial charge in [0.1, 0.15) is 5.82 Å². The SMILES string of the molecule is COCCC(=O)NCCc1ncc(C)n1C1CCCC1. The van der Waals surface area contributed by atoms with Gasteiger partial charge in [-0.3, -0.25) is 4.79 Å². The first-order chi connectivity index (χ1) is 9.72. The molecular weight excluding hydrogens is 254 g/mol. The van der Waals surface area contributed by atoms with Crippen molar-refractivity contribution in [1.29, 1.82) is 0 Å². The highest BCUT2D eigenvalue weighted by molar-refractivity contribution is 5.75. The highest BCUT2D eigenvalue weighted by Gasteiger charge is 2.20. The lowest BCUT2D eigenvalue weighted by Gasteiger charge is -2.17. The lowest BCUT2D eigenvalue weighted by molar-refractivity contribution is -0.121. The van der Waals surface area contributed by atoms with Crippen molar-refractivity contribution < 1.29 is 9.53 Å². The Bertz CT molecular complexity index is 436. The Kier molecular flexibility index (Phi) is 5.59. The lowest BCUT2D eigenvalue weighted by atomic mass is 10.2. The third-order valence-electron chi connectivity index (χ3n) is 3.95. The molecular formula is C15H25N3O2. The van der Waals surface area contributed by atoms with Gasteiger partial charge in [-0.2, -0.15) is 0 Å². The maximum absolute atomic E-state index is 11.5. The Morgan fingerprint density at radius 2 is 2.25 bits per heavy atom. The van der Waals surface area contributed by atoms with Gasteiger partial charge < -0.3 is 14.6 Å². The van der Waals surface area contributed by atoms with Crippen LogP contribution >= 0.6 is 0 Å². The molecule has 0 spiro atoms. The molecule has 0 saturated heterocycles. The van der Waals surface area contributed by atoms with E-state index in [1.165, 1.54) is 31.4 Å². The number of amides is 1. The molecule has 0 atom stereocenters. The average Bonchev–Trinajstić information content (AvgIpc) is 3.06. The second-order valence-corrected chi connectivity index (χ2v) is 5.47. The molecule has 1 aromatic heterocycles. The summed E-state index contributed by atoms with van der Waals surface area (Å²) in [4.78, 5) is 16.0. The van der Waals surface area contributed by atoms with Crippen LogP contribution < -0.4 is 5.32 Å². The van der Waals surface area contributed by atoms with Crippen molar-refractivity contribution in [2.75, 3.05) is 20.3 Å². The molecule has 1 amide bonds. The van der Waals surface area contributed by atoms with E-state index >= 15 is 0 Å². The average molecular weight is 279 g/mol. The molecule has 1 aliphatic carbocycles. The molecule has 1 fully saturated rings. The number of imidazole rings is 1. The summed E-state index contributed by atoms with van der Waals surface area (Å²) in [5.74, 6) is 1.14. The molecule has 1 aromatic rings. The fraction of sp³-hybridized carbons (Fsp3) is 0.733. The maximum atomic E-state index is 11.5. The molecule has 0 unspecified atom stereocenters. The van der Waals surface area contributed by atoms with Crippen LogP contribution in [0.4, 0.5) is 0 Å². The van der Waals surface area contributed by atoms with E-state index in [-0.39, 0.29) is 5.91 Å². The normalized spacial score (nSPS) is 15.7. The molecule has 20 heavy (non-hydrogen) atoms. The zero-order chi connectivity index (χ0) is 14.4. The summed E-state index contributed by atoms with van der Waals surface area (Å²) in [6, 6.07) is 0.608. The smallest absolute Gasteiger partial charge is 0.222 e. The second kappa shape index (κ2) is 7.43. The highest BCUT2D eigenvalue weighted by Crippen LogP contribution is 2.31. The second-order valence-electron chi connectivity index (χ2n) is 5.47. The van der Waals surface area contributed by atoms with E-state index < -0.39 is 0 Å². The number of nitrogens with zero attached hydrogens (tertiary/aromatic N) is 2. The zero-order valence-corrected chi connectivity index (χ0v) is 12.5. The minimum absolute atomic E-state index is 0.0440. The van der Waals surface area contributed by atoms with Gasteiger partial charge >= 0.3 is 0 Å². The molecule has 1 heterocycles. The van der Waals surface area contributed by atoms with E-state index in [2.05, 4.69) is 21.8 Å². The van der Waals surface area contributed by atoms with Crippen molar-refractivity contribution in [2.45, 2.75) is 51.5 Å². The first-order valence-electron chi connectivity index (χ1n) is 7.50. The topological polar surface area (TPSA) is 56.1 Å². The van der Waals surface area contributed by atoms with Crippen LogP contribution in [0.5, 0.6) is 0 Å². The summed E-state index contributed by atoms with van der Waals surface area (Å²) in [7, 11) is 1.61. The van der Waals surface area contributed by atoms with Gasteiger partial charge in [0, 0.05) is 44.4 Å². The van der Waals surface area contributed by atoms with Crippen LogP contribution in [0.15, 0.2) is 6.20 Å². The largest absolute Gasteiger partial charge is 0.384 e. The Morgan fingerprint density at radius 3 is 2.95 bits per heavy atom. The van der Waals surface area contributed by atoms with Crippen molar-refractivity contribution in [3.05, 3.63) is 17.7 Å². The van der Waals surface area contributed by atoms with Crippen molar-refractivity contribution in [3.8, 4) is 0 Å². The van der Waals surface area contributed by atoms with Gasteiger partial charge in [-0.25, -0.2) is 4.98 Å². The standard InChI is InChI=1S/C15H25N3O2/c1-12-11-17-14(18(12)13-5-3-4-6-13)7-9-16-15(19)8-10-20-2/h11,13H,3-10H2,1-2H3,(H,16,19).